The molecule has 130 valence electrons. The van der Waals surface area contributed by atoms with Gasteiger partial charge in [0.25, 0.3) is 0 Å². The molecular weight excluding hydrogens is 382 g/mol. The average molecular weight is 396 g/mol. The second-order valence-electron chi connectivity index (χ2n) is 5.48. The summed E-state index contributed by atoms with van der Waals surface area (Å²) < 4.78 is 6.24. The molecule has 1 aromatic carbocycles. The van der Waals surface area contributed by atoms with Crippen LogP contribution in [0.15, 0.2) is 40.8 Å². The van der Waals surface area contributed by atoms with E-state index in [2.05, 4.69) is 0 Å². The quantitative estimate of drug-likeness (QED) is 0.749. The van der Waals surface area contributed by atoms with Crippen LogP contribution in [0.5, 0.6) is 0 Å². The summed E-state index contributed by atoms with van der Waals surface area (Å²) >= 11 is 12.3. The Kier molecular flexibility index (Phi) is 5.46. The number of furan rings is 1. The first kappa shape index (κ1) is 18.0. The zero-order valence-electron chi connectivity index (χ0n) is 13.0. The van der Waals surface area contributed by atoms with Crippen molar-refractivity contribution in [3.8, 4) is 11.3 Å². The Hall–Kier alpha value is -1.83. The molecule has 0 bridgehead atoms. The van der Waals surface area contributed by atoms with Gasteiger partial charge in [-0.15, -0.1) is 0 Å². The molecule has 2 heterocycles. The van der Waals surface area contributed by atoms with Gasteiger partial charge in [0, 0.05) is 23.6 Å². The highest BCUT2D eigenvalue weighted by atomic mass is 35.5. The Bertz CT molecular complexity index is 818. The van der Waals surface area contributed by atoms with Crippen molar-refractivity contribution in [1.29, 1.82) is 0 Å². The van der Waals surface area contributed by atoms with Crippen LogP contribution in [0.25, 0.3) is 11.3 Å². The molecule has 1 atom stereocenters. The SMILES string of the molecule is O=C(O)CCN1C(=O)[C@@H](Cc2ccc(-c3ccc(Cl)cc3)o2)SC1=S. The molecule has 1 saturated heterocycles. The number of halogens is 1. The van der Waals surface area contributed by atoms with Crippen LogP contribution in [0.2, 0.25) is 5.02 Å². The summed E-state index contributed by atoms with van der Waals surface area (Å²) in [6, 6.07) is 11.0. The van der Waals surface area contributed by atoms with E-state index in [1.807, 2.05) is 24.3 Å². The van der Waals surface area contributed by atoms with Gasteiger partial charge >= 0.3 is 5.97 Å². The predicted octanol–water partition coefficient (Wildman–Crippen LogP) is 3.85. The summed E-state index contributed by atoms with van der Waals surface area (Å²) in [6.45, 7) is 0.102. The minimum atomic E-state index is -0.956. The minimum absolute atomic E-state index is 0.102. The molecule has 8 heteroatoms. The molecule has 1 amide bonds. The number of carboxylic acids is 1. The summed E-state index contributed by atoms with van der Waals surface area (Å²) in [5, 5.41) is 9.03. The van der Waals surface area contributed by atoms with E-state index in [4.69, 9.17) is 33.3 Å². The summed E-state index contributed by atoms with van der Waals surface area (Å²) in [5.74, 6) is 0.259. The first-order valence-electron chi connectivity index (χ1n) is 7.52. The summed E-state index contributed by atoms with van der Waals surface area (Å²) in [4.78, 5) is 24.5. The number of carbonyl (C=O) groups excluding carboxylic acids is 1. The summed E-state index contributed by atoms with van der Waals surface area (Å²) in [7, 11) is 0. The van der Waals surface area contributed by atoms with Crippen LogP contribution in [-0.4, -0.2) is 38.0 Å². The number of nitrogens with zero attached hydrogens (tertiary/aromatic N) is 1. The number of thioether (sulfide) groups is 1. The summed E-state index contributed by atoms with van der Waals surface area (Å²) in [5.41, 5.74) is 0.902. The van der Waals surface area contributed by atoms with Crippen LogP contribution < -0.4 is 0 Å². The normalized spacial score (nSPS) is 17.3. The second kappa shape index (κ2) is 7.59. The third-order valence-electron chi connectivity index (χ3n) is 3.73. The van der Waals surface area contributed by atoms with Gasteiger partial charge in [-0.1, -0.05) is 35.6 Å². The topological polar surface area (TPSA) is 70.8 Å². The summed E-state index contributed by atoms with van der Waals surface area (Å²) in [6.07, 6.45) is 0.279. The Labute approximate surface area is 158 Å². The molecule has 1 aliphatic heterocycles. The molecule has 1 fully saturated rings. The molecule has 0 unspecified atom stereocenters. The smallest absolute Gasteiger partial charge is 0.305 e. The maximum Gasteiger partial charge on any atom is 0.305 e. The molecule has 0 spiro atoms. The van der Waals surface area contributed by atoms with Gasteiger partial charge in [-0.3, -0.25) is 14.5 Å². The van der Waals surface area contributed by atoms with Crippen molar-refractivity contribution < 1.29 is 19.1 Å². The van der Waals surface area contributed by atoms with Crippen molar-refractivity contribution in [1.82, 2.24) is 4.90 Å². The van der Waals surface area contributed by atoms with Crippen LogP contribution in [0.4, 0.5) is 0 Å². The van der Waals surface area contributed by atoms with Gasteiger partial charge in [0.05, 0.1) is 11.7 Å². The van der Waals surface area contributed by atoms with Crippen LogP contribution in [0.1, 0.15) is 12.2 Å². The Morgan fingerprint density at radius 1 is 1.28 bits per heavy atom. The fourth-order valence-corrected chi connectivity index (χ4v) is 4.16. The monoisotopic (exact) mass is 395 g/mol. The number of hydrogen-bond donors (Lipinski definition) is 1. The molecule has 1 N–H and O–H groups in total. The van der Waals surface area contributed by atoms with Gasteiger partial charge in [0.2, 0.25) is 5.91 Å². The largest absolute Gasteiger partial charge is 0.481 e. The molecule has 5 nitrogen and oxygen atoms in total. The van der Waals surface area contributed by atoms with Crippen molar-refractivity contribution in [2.45, 2.75) is 18.1 Å². The van der Waals surface area contributed by atoms with Gasteiger partial charge < -0.3 is 9.52 Å². The number of hydrogen-bond acceptors (Lipinski definition) is 5. The van der Waals surface area contributed by atoms with Crippen molar-refractivity contribution in [3.05, 3.63) is 47.2 Å². The van der Waals surface area contributed by atoms with Crippen molar-refractivity contribution in [2.75, 3.05) is 6.54 Å². The number of carboxylic acid groups (broad SMARTS) is 1. The zero-order chi connectivity index (χ0) is 18.0. The average Bonchev–Trinajstić information content (AvgIpc) is 3.12. The highest BCUT2D eigenvalue weighted by molar-refractivity contribution is 8.24. The van der Waals surface area contributed by atoms with E-state index < -0.39 is 5.97 Å². The number of thiocarbonyl (C=S) groups is 1. The Morgan fingerprint density at radius 3 is 2.68 bits per heavy atom. The Morgan fingerprint density at radius 2 is 2.00 bits per heavy atom. The molecule has 1 aliphatic rings. The number of rotatable bonds is 6. The minimum Gasteiger partial charge on any atom is -0.481 e. The van der Waals surface area contributed by atoms with Gasteiger partial charge in [-0.05, 0) is 36.4 Å². The molecule has 2 aromatic rings. The van der Waals surface area contributed by atoms with E-state index in [0.717, 1.165) is 5.56 Å². The van der Waals surface area contributed by atoms with E-state index in [9.17, 15) is 9.59 Å². The van der Waals surface area contributed by atoms with Crippen LogP contribution >= 0.6 is 35.6 Å². The van der Waals surface area contributed by atoms with E-state index in [-0.39, 0.29) is 24.1 Å². The van der Waals surface area contributed by atoms with E-state index in [0.29, 0.717) is 27.3 Å². The van der Waals surface area contributed by atoms with E-state index >= 15 is 0 Å². The van der Waals surface area contributed by atoms with E-state index in [1.165, 1.54) is 16.7 Å². The van der Waals surface area contributed by atoms with Gasteiger partial charge in [-0.25, -0.2) is 0 Å². The molecule has 1 aromatic heterocycles. The van der Waals surface area contributed by atoms with Gasteiger partial charge in [0.15, 0.2) is 0 Å². The fourth-order valence-electron chi connectivity index (χ4n) is 2.48. The van der Waals surface area contributed by atoms with Crippen molar-refractivity contribution in [2.24, 2.45) is 0 Å². The molecule has 0 aliphatic carbocycles. The molecule has 3 rings (SSSR count). The Balaban J connectivity index is 1.67. The molecule has 25 heavy (non-hydrogen) atoms. The number of carbonyl (C=O) groups is 2. The zero-order valence-corrected chi connectivity index (χ0v) is 15.4. The first-order valence-corrected chi connectivity index (χ1v) is 9.19. The lowest BCUT2D eigenvalue weighted by Crippen LogP contribution is -2.33. The standard InChI is InChI=1S/C17H14ClNO4S2/c18-11-3-1-10(2-4-11)13-6-5-12(23-13)9-14-16(22)19(17(24)25-14)8-7-15(20)21/h1-6,14H,7-9H2,(H,20,21)/t14-/m1/s1. The van der Waals surface area contributed by atoms with Crippen LogP contribution in [-0.2, 0) is 16.0 Å². The fraction of sp³-hybridized carbons (Fsp3) is 0.235. The van der Waals surface area contributed by atoms with E-state index in [1.54, 1.807) is 12.1 Å². The van der Waals surface area contributed by atoms with Crippen LogP contribution in [0.3, 0.4) is 0 Å². The maximum atomic E-state index is 12.4. The highest BCUT2D eigenvalue weighted by Crippen LogP contribution is 2.32. The lowest BCUT2D eigenvalue weighted by molar-refractivity contribution is -0.137. The number of benzene rings is 1. The molecule has 0 saturated carbocycles. The highest BCUT2D eigenvalue weighted by Gasteiger charge is 2.37. The third-order valence-corrected chi connectivity index (χ3v) is 5.57. The number of amides is 1. The first-order chi connectivity index (χ1) is 11.9. The maximum absolute atomic E-state index is 12.4. The second-order valence-corrected chi connectivity index (χ2v) is 7.76. The van der Waals surface area contributed by atoms with Crippen molar-refractivity contribution >= 4 is 51.8 Å². The number of aliphatic carboxylic acids is 1. The molecular formula is C17H14ClNO4S2. The molecule has 0 radical (unpaired) electrons. The lowest BCUT2D eigenvalue weighted by Gasteiger charge is -2.13. The van der Waals surface area contributed by atoms with Gasteiger partial charge in [-0.2, -0.15) is 0 Å². The lowest BCUT2D eigenvalue weighted by atomic mass is 10.2. The predicted molar refractivity (Wildman–Crippen MR) is 101 cm³/mol. The van der Waals surface area contributed by atoms with Gasteiger partial charge in [0.1, 0.15) is 15.8 Å². The van der Waals surface area contributed by atoms with Crippen molar-refractivity contribution in [3.63, 3.8) is 0 Å². The van der Waals surface area contributed by atoms with Crippen LogP contribution in [0, 0.1) is 0 Å². The third kappa shape index (κ3) is 4.23.